The summed E-state index contributed by atoms with van der Waals surface area (Å²) >= 11 is 0. The highest BCUT2D eigenvalue weighted by molar-refractivity contribution is 5.34. The minimum atomic E-state index is 0.739. The van der Waals surface area contributed by atoms with Crippen LogP contribution in [0.1, 0.15) is 37.0 Å². The van der Waals surface area contributed by atoms with E-state index < -0.39 is 0 Å². The lowest BCUT2D eigenvalue weighted by atomic mass is 10.00. The zero-order chi connectivity index (χ0) is 13.4. The van der Waals surface area contributed by atoms with Gasteiger partial charge in [-0.15, -0.1) is 0 Å². The van der Waals surface area contributed by atoms with Crippen molar-refractivity contribution in [1.82, 2.24) is 5.32 Å². The van der Waals surface area contributed by atoms with Crippen LogP contribution in [0.4, 0.5) is 0 Å². The molecule has 0 spiro atoms. The predicted molar refractivity (Wildman–Crippen MR) is 81.1 cm³/mol. The summed E-state index contributed by atoms with van der Waals surface area (Å²) in [7, 11) is 0. The number of aryl methyl sites for hydroxylation is 2. The quantitative estimate of drug-likeness (QED) is 0.565. The van der Waals surface area contributed by atoms with Gasteiger partial charge in [0, 0.05) is 0 Å². The summed E-state index contributed by atoms with van der Waals surface area (Å²) in [5.41, 5.74) is 4.28. The average Bonchev–Trinajstić information content (AvgIpc) is 2.30. The molecule has 0 aliphatic rings. The van der Waals surface area contributed by atoms with E-state index >= 15 is 0 Å². The molecule has 1 aromatic rings. The first-order valence-corrected chi connectivity index (χ1v) is 7.02. The van der Waals surface area contributed by atoms with Gasteiger partial charge in [-0.05, 0) is 62.4 Å². The van der Waals surface area contributed by atoms with Crippen LogP contribution in [-0.4, -0.2) is 13.1 Å². The maximum Gasteiger partial charge on any atom is -0.00142 e. The second kappa shape index (κ2) is 8.10. The van der Waals surface area contributed by atoms with Crippen molar-refractivity contribution in [1.29, 1.82) is 0 Å². The Hall–Kier alpha value is -1.08. The van der Waals surface area contributed by atoms with Gasteiger partial charge in [0.2, 0.25) is 0 Å². The Bertz CT molecular complexity index is 357. The molecule has 0 aromatic heterocycles. The lowest BCUT2D eigenvalue weighted by Crippen LogP contribution is -2.20. The van der Waals surface area contributed by atoms with Gasteiger partial charge >= 0.3 is 0 Å². The Kier molecular flexibility index (Phi) is 6.74. The largest absolute Gasteiger partial charge is 0.316 e. The Morgan fingerprint density at radius 1 is 1.11 bits per heavy atom. The van der Waals surface area contributed by atoms with Crippen molar-refractivity contribution in [2.45, 2.75) is 40.5 Å². The van der Waals surface area contributed by atoms with E-state index in [0.29, 0.717) is 0 Å². The molecule has 1 N–H and O–H groups in total. The second-order valence-corrected chi connectivity index (χ2v) is 5.43. The van der Waals surface area contributed by atoms with E-state index in [1.165, 1.54) is 16.7 Å². The van der Waals surface area contributed by atoms with E-state index in [0.717, 1.165) is 31.8 Å². The molecule has 0 fully saturated rings. The van der Waals surface area contributed by atoms with E-state index in [1.807, 2.05) is 0 Å². The van der Waals surface area contributed by atoms with Crippen LogP contribution < -0.4 is 5.32 Å². The van der Waals surface area contributed by atoms with Gasteiger partial charge in [-0.1, -0.05) is 44.2 Å². The van der Waals surface area contributed by atoms with E-state index in [9.17, 15) is 0 Å². The molecule has 1 heteroatoms. The fourth-order valence-electron chi connectivity index (χ4n) is 2.07. The van der Waals surface area contributed by atoms with Gasteiger partial charge in [-0.25, -0.2) is 0 Å². The summed E-state index contributed by atoms with van der Waals surface area (Å²) < 4.78 is 0. The number of benzene rings is 1. The van der Waals surface area contributed by atoms with Gasteiger partial charge in [0.15, 0.2) is 0 Å². The SMILES string of the molecule is Cc1cccc(C)c1C/C=C/CCNCC(C)C. The summed E-state index contributed by atoms with van der Waals surface area (Å²) in [6.07, 6.45) is 6.77. The number of hydrogen-bond donors (Lipinski definition) is 1. The third-order valence-corrected chi connectivity index (χ3v) is 3.17. The van der Waals surface area contributed by atoms with E-state index in [2.05, 4.69) is 63.4 Å². The molecule has 0 heterocycles. The van der Waals surface area contributed by atoms with Crippen LogP contribution in [0.15, 0.2) is 30.4 Å². The van der Waals surface area contributed by atoms with Crippen LogP contribution >= 0.6 is 0 Å². The topological polar surface area (TPSA) is 12.0 Å². The minimum Gasteiger partial charge on any atom is -0.316 e. The first-order valence-electron chi connectivity index (χ1n) is 7.02. The van der Waals surface area contributed by atoms with Gasteiger partial charge < -0.3 is 5.32 Å². The van der Waals surface area contributed by atoms with Gasteiger partial charge in [0.1, 0.15) is 0 Å². The van der Waals surface area contributed by atoms with Crippen LogP contribution in [0.2, 0.25) is 0 Å². The normalized spacial score (nSPS) is 11.6. The highest BCUT2D eigenvalue weighted by atomic mass is 14.8. The Morgan fingerprint density at radius 3 is 2.39 bits per heavy atom. The molecule has 100 valence electrons. The van der Waals surface area contributed by atoms with Crippen LogP contribution in [0.5, 0.6) is 0 Å². The molecule has 0 amide bonds. The number of allylic oxidation sites excluding steroid dienone is 1. The third-order valence-electron chi connectivity index (χ3n) is 3.17. The molecule has 0 aliphatic heterocycles. The third kappa shape index (κ3) is 5.50. The first-order chi connectivity index (χ1) is 8.61. The lowest BCUT2D eigenvalue weighted by molar-refractivity contribution is 0.556. The predicted octanol–water partition coefficient (Wildman–Crippen LogP) is 4.04. The molecule has 18 heavy (non-hydrogen) atoms. The molecular weight excluding hydrogens is 218 g/mol. The monoisotopic (exact) mass is 245 g/mol. The van der Waals surface area contributed by atoms with E-state index in [4.69, 9.17) is 0 Å². The summed E-state index contributed by atoms with van der Waals surface area (Å²) in [6, 6.07) is 6.52. The number of nitrogens with one attached hydrogen (secondary N) is 1. The van der Waals surface area contributed by atoms with E-state index in [1.54, 1.807) is 0 Å². The molecule has 1 aromatic carbocycles. The van der Waals surface area contributed by atoms with Crippen molar-refractivity contribution in [3.8, 4) is 0 Å². The Balaban J connectivity index is 2.28. The summed E-state index contributed by atoms with van der Waals surface area (Å²) in [5, 5.41) is 3.46. The maximum absolute atomic E-state index is 3.46. The smallest absolute Gasteiger partial charge is 0.00142 e. The molecule has 0 aliphatic carbocycles. The summed E-state index contributed by atoms with van der Waals surface area (Å²) in [6.45, 7) is 11.1. The molecule has 1 rings (SSSR count). The summed E-state index contributed by atoms with van der Waals surface area (Å²) in [4.78, 5) is 0. The van der Waals surface area contributed by atoms with Gasteiger partial charge in [0.25, 0.3) is 0 Å². The molecule has 0 saturated carbocycles. The van der Waals surface area contributed by atoms with Crippen LogP contribution in [-0.2, 0) is 6.42 Å². The number of hydrogen-bond acceptors (Lipinski definition) is 1. The fourth-order valence-corrected chi connectivity index (χ4v) is 2.07. The minimum absolute atomic E-state index is 0.739. The summed E-state index contributed by atoms with van der Waals surface area (Å²) in [5.74, 6) is 0.739. The molecule has 0 radical (unpaired) electrons. The molecule has 0 saturated heterocycles. The van der Waals surface area contributed by atoms with Crippen molar-refractivity contribution in [3.05, 3.63) is 47.0 Å². The Labute approximate surface area is 112 Å². The number of rotatable bonds is 7. The highest BCUT2D eigenvalue weighted by Gasteiger charge is 1.98. The molecule has 0 atom stereocenters. The Morgan fingerprint density at radius 2 is 1.78 bits per heavy atom. The maximum atomic E-state index is 3.46. The van der Waals surface area contributed by atoms with Gasteiger partial charge in [0.05, 0.1) is 0 Å². The molecular formula is C17H27N. The van der Waals surface area contributed by atoms with Crippen LogP contribution in [0, 0.1) is 19.8 Å². The van der Waals surface area contributed by atoms with Crippen molar-refractivity contribution >= 4 is 0 Å². The van der Waals surface area contributed by atoms with Crippen molar-refractivity contribution < 1.29 is 0 Å². The van der Waals surface area contributed by atoms with Crippen LogP contribution in [0.25, 0.3) is 0 Å². The zero-order valence-corrected chi connectivity index (χ0v) is 12.3. The zero-order valence-electron chi connectivity index (χ0n) is 12.3. The van der Waals surface area contributed by atoms with Crippen molar-refractivity contribution in [2.24, 2.45) is 5.92 Å². The molecule has 0 bridgehead atoms. The highest BCUT2D eigenvalue weighted by Crippen LogP contribution is 2.14. The lowest BCUT2D eigenvalue weighted by Gasteiger charge is -2.07. The van der Waals surface area contributed by atoms with Crippen LogP contribution in [0.3, 0.4) is 0 Å². The molecule has 1 nitrogen and oxygen atoms in total. The van der Waals surface area contributed by atoms with Crippen molar-refractivity contribution in [2.75, 3.05) is 13.1 Å². The standard InChI is InChI=1S/C17H27N/c1-14(2)13-18-12-7-5-6-11-17-15(3)9-8-10-16(17)4/h5-6,8-10,14,18H,7,11-13H2,1-4H3/b6-5+. The van der Waals surface area contributed by atoms with Crippen molar-refractivity contribution in [3.63, 3.8) is 0 Å². The van der Waals surface area contributed by atoms with Gasteiger partial charge in [-0.3, -0.25) is 0 Å². The first kappa shape index (κ1) is 15.0. The average molecular weight is 245 g/mol. The fraction of sp³-hybridized carbons (Fsp3) is 0.529. The second-order valence-electron chi connectivity index (χ2n) is 5.43. The van der Waals surface area contributed by atoms with E-state index in [-0.39, 0.29) is 0 Å². The molecule has 0 unspecified atom stereocenters. The van der Waals surface area contributed by atoms with Gasteiger partial charge in [-0.2, -0.15) is 0 Å².